The Kier molecular flexibility index (Phi) is 6.11. The number of hydrogen-bond acceptors (Lipinski definition) is 2. The van der Waals surface area contributed by atoms with E-state index in [9.17, 15) is 0 Å². The summed E-state index contributed by atoms with van der Waals surface area (Å²) in [5, 5.41) is 2.29. The van der Waals surface area contributed by atoms with Crippen LogP contribution in [0.15, 0.2) is 120 Å². The van der Waals surface area contributed by atoms with E-state index in [0.717, 1.165) is 44.6 Å². The second-order valence-corrected chi connectivity index (χ2v) is 16.3. The van der Waals surface area contributed by atoms with Crippen molar-refractivity contribution >= 4 is 39.0 Å². The Morgan fingerprint density at radius 2 is 1.04 bits per heavy atom. The van der Waals surface area contributed by atoms with E-state index in [0.29, 0.717) is 0 Å². The lowest BCUT2D eigenvalue weighted by molar-refractivity contribution is 0.584. The molecule has 7 aromatic rings. The second-order valence-electron chi connectivity index (χ2n) is 16.3. The van der Waals surface area contributed by atoms with Crippen LogP contribution in [0.2, 0.25) is 0 Å². The van der Waals surface area contributed by atoms with E-state index in [-0.39, 0.29) is 16.2 Å². The number of fused-ring (bicyclic) bond motifs is 9. The quantitative estimate of drug-likeness (QED) is 0.192. The molecule has 49 heavy (non-hydrogen) atoms. The molecule has 1 heterocycles. The second kappa shape index (κ2) is 9.98. The largest absolute Gasteiger partial charge is 0.454 e. The summed E-state index contributed by atoms with van der Waals surface area (Å²) in [4.78, 5) is 2.43. The molecule has 0 saturated heterocycles. The molecular formula is C47H43NO. The van der Waals surface area contributed by atoms with Crippen molar-refractivity contribution in [2.24, 2.45) is 0 Å². The third kappa shape index (κ3) is 4.19. The third-order valence-corrected chi connectivity index (χ3v) is 11.6. The molecule has 2 nitrogen and oxygen atoms in total. The molecule has 0 fully saturated rings. The molecule has 2 aliphatic rings. The predicted molar refractivity (Wildman–Crippen MR) is 207 cm³/mol. The van der Waals surface area contributed by atoms with Gasteiger partial charge in [-0.2, -0.15) is 0 Å². The molecule has 0 spiro atoms. The molecule has 1 aromatic heterocycles. The van der Waals surface area contributed by atoms with Crippen LogP contribution in [-0.2, 0) is 16.2 Å². The molecule has 0 amide bonds. The van der Waals surface area contributed by atoms with Crippen LogP contribution in [0.5, 0.6) is 0 Å². The lowest BCUT2D eigenvalue weighted by Gasteiger charge is -2.30. The maximum absolute atomic E-state index is 6.81. The van der Waals surface area contributed by atoms with Gasteiger partial charge in [-0.1, -0.05) is 133 Å². The van der Waals surface area contributed by atoms with Crippen molar-refractivity contribution in [3.63, 3.8) is 0 Å². The molecule has 2 aliphatic carbocycles. The van der Waals surface area contributed by atoms with Crippen LogP contribution in [0.4, 0.5) is 17.1 Å². The van der Waals surface area contributed by atoms with Crippen molar-refractivity contribution in [1.29, 1.82) is 0 Å². The fourth-order valence-corrected chi connectivity index (χ4v) is 8.71. The molecular weight excluding hydrogens is 595 g/mol. The van der Waals surface area contributed by atoms with Crippen molar-refractivity contribution < 1.29 is 4.42 Å². The van der Waals surface area contributed by atoms with E-state index >= 15 is 0 Å². The number of hydrogen-bond donors (Lipinski definition) is 0. The van der Waals surface area contributed by atoms with Crippen molar-refractivity contribution in [2.45, 2.75) is 71.6 Å². The van der Waals surface area contributed by atoms with Crippen molar-refractivity contribution in [3.8, 4) is 22.3 Å². The van der Waals surface area contributed by atoms with E-state index in [4.69, 9.17) is 4.42 Å². The van der Waals surface area contributed by atoms with Crippen LogP contribution in [0, 0.1) is 6.92 Å². The molecule has 0 aliphatic heterocycles. The lowest BCUT2D eigenvalue weighted by Crippen LogP contribution is -2.19. The van der Waals surface area contributed by atoms with Gasteiger partial charge in [-0.05, 0) is 98.3 Å². The molecule has 9 rings (SSSR count). The van der Waals surface area contributed by atoms with Crippen LogP contribution in [0.1, 0.15) is 81.8 Å². The normalized spacial score (nSPS) is 15.3. The summed E-state index contributed by atoms with van der Waals surface area (Å²) in [6.07, 6.45) is 0. The van der Waals surface area contributed by atoms with Gasteiger partial charge in [0.15, 0.2) is 5.58 Å². The third-order valence-electron chi connectivity index (χ3n) is 11.6. The van der Waals surface area contributed by atoms with Gasteiger partial charge in [-0.15, -0.1) is 0 Å². The van der Waals surface area contributed by atoms with Gasteiger partial charge in [0.05, 0.1) is 5.69 Å². The van der Waals surface area contributed by atoms with E-state index in [2.05, 4.69) is 176 Å². The molecule has 0 unspecified atom stereocenters. The fourth-order valence-electron chi connectivity index (χ4n) is 8.71. The van der Waals surface area contributed by atoms with Crippen molar-refractivity contribution in [1.82, 2.24) is 0 Å². The average Bonchev–Trinajstić information content (AvgIpc) is 3.66. The number of para-hydroxylation sites is 2. The summed E-state index contributed by atoms with van der Waals surface area (Å²) in [6.45, 7) is 18.5. The van der Waals surface area contributed by atoms with Gasteiger partial charge < -0.3 is 9.32 Å². The van der Waals surface area contributed by atoms with Gasteiger partial charge in [0.1, 0.15) is 5.58 Å². The van der Waals surface area contributed by atoms with Gasteiger partial charge >= 0.3 is 0 Å². The van der Waals surface area contributed by atoms with Crippen LogP contribution >= 0.6 is 0 Å². The Balaban J connectivity index is 1.28. The Hall–Kier alpha value is -5.08. The number of aryl methyl sites for hydroxylation is 1. The molecule has 2 heteroatoms. The highest BCUT2D eigenvalue weighted by atomic mass is 16.3. The number of rotatable bonds is 3. The highest BCUT2D eigenvalue weighted by molar-refractivity contribution is 6.11. The Bertz CT molecular complexity index is 2500. The first kappa shape index (κ1) is 30.0. The number of anilines is 3. The summed E-state index contributed by atoms with van der Waals surface area (Å²) in [6, 6.07) is 43.2. The highest BCUT2D eigenvalue weighted by Crippen LogP contribution is 2.54. The molecule has 0 atom stereocenters. The minimum atomic E-state index is -0.141. The SMILES string of the molecule is Cc1cccc2c1oc1c(N(c3ccc4c(c3)C(C)(C)c3ccccc3-4)c3ccc4c(c3)C(C)(C)c3cc(C(C)(C)C)ccc3-4)cccc12. The lowest BCUT2D eigenvalue weighted by atomic mass is 9.79. The van der Waals surface area contributed by atoms with Crippen LogP contribution in [0.25, 0.3) is 44.2 Å². The molecule has 0 bridgehead atoms. The van der Waals surface area contributed by atoms with Crippen molar-refractivity contribution in [3.05, 3.63) is 149 Å². The maximum atomic E-state index is 6.81. The van der Waals surface area contributed by atoms with Gasteiger partial charge in [0, 0.05) is 33.0 Å². The number of nitrogens with zero attached hydrogens (tertiary/aromatic N) is 1. The van der Waals surface area contributed by atoms with Crippen LogP contribution in [-0.4, -0.2) is 0 Å². The zero-order chi connectivity index (χ0) is 34.0. The average molecular weight is 638 g/mol. The van der Waals surface area contributed by atoms with Gasteiger partial charge in [0.2, 0.25) is 0 Å². The van der Waals surface area contributed by atoms with E-state index in [1.54, 1.807) is 0 Å². The molecule has 0 N–H and O–H groups in total. The first-order chi connectivity index (χ1) is 23.4. The summed E-state index contributed by atoms with van der Waals surface area (Å²) >= 11 is 0. The Morgan fingerprint density at radius 3 is 1.69 bits per heavy atom. The summed E-state index contributed by atoms with van der Waals surface area (Å²) in [5.41, 5.74) is 18.4. The van der Waals surface area contributed by atoms with Gasteiger partial charge in [0.25, 0.3) is 0 Å². The minimum absolute atomic E-state index is 0.0897. The van der Waals surface area contributed by atoms with Gasteiger partial charge in [-0.25, -0.2) is 0 Å². The van der Waals surface area contributed by atoms with E-state index in [1.807, 2.05) is 0 Å². The van der Waals surface area contributed by atoms with Gasteiger partial charge in [-0.3, -0.25) is 0 Å². The Labute approximate surface area is 290 Å². The van der Waals surface area contributed by atoms with E-state index in [1.165, 1.54) is 50.1 Å². The monoisotopic (exact) mass is 637 g/mol. The zero-order valence-corrected chi connectivity index (χ0v) is 29.8. The maximum Gasteiger partial charge on any atom is 0.159 e. The zero-order valence-electron chi connectivity index (χ0n) is 29.8. The highest BCUT2D eigenvalue weighted by Gasteiger charge is 2.38. The summed E-state index contributed by atoms with van der Waals surface area (Å²) in [7, 11) is 0. The number of benzene rings is 6. The molecule has 0 saturated carbocycles. The van der Waals surface area contributed by atoms with Crippen LogP contribution in [0.3, 0.4) is 0 Å². The summed E-state index contributed by atoms with van der Waals surface area (Å²) < 4.78 is 6.81. The summed E-state index contributed by atoms with van der Waals surface area (Å²) in [5.74, 6) is 0. The first-order valence-electron chi connectivity index (χ1n) is 17.6. The topological polar surface area (TPSA) is 16.4 Å². The standard InChI is InChI=1S/C47H43NO/c1-28-13-11-15-36-37-16-12-18-42(44(37)49-43(28)36)48(30-20-23-34-32-14-9-10-17-38(32)46(5,6)40(34)26-30)31-21-24-35-33-22-19-29(45(2,3)4)25-39(33)47(7,8)41(35)27-31/h9-27H,1-8H3. The Morgan fingerprint density at radius 1 is 0.510 bits per heavy atom. The van der Waals surface area contributed by atoms with Crippen molar-refractivity contribution in [2.75, 3.05) is 4.90 Å². The smallest absolute Gasteiger partial charge is 0.159 e. The number of furan rings is 1. The van der Waals surface area contributed by atoms with Crippen LogP contribution < -0.4 is 4.90 Å². The predicted octanol–water partition coefficient (Wildman–Crippen LogP) is 13.3. The van der Waals surface area contributed by atoms with E-state index < -0.39 is 0 Å². The molecule has 6 aromatic carbocycles. The molecule has 0 radical (unpaired) electrons. The minimum Gasteiger partial charge on any atom is -0.454 e. The fraction of sp³-hybridized carbons (Fsp3) is 0.234. The first-order valence-corrected chi connectivity index (χ1v) is 17.6. The molecule has 242 valence electrons.